The van der Waals surface area contributed by atoms with Crippen molar-refractivity contribution in [1.29, 1.82) is 0 Å². The van der Waals surface area contributed by atoms with E-state index in [4.69, 9.17) is 5.11 Å². The summed E-state index contributed by atoms with van der Waals surface area (Å²) in [6.45, 7) is 2.00. The number of hydrogen-bond acceptors (Lipinski definition) is 2. The first-order valence-corrected chi connectivity index (χ1v) is 5.90. The Morgan fingerprint density at radius 1 is 1.53 bits per heavy atom. The van der Waals surface area contributed by atoms with Crippen molar-refractivity contribution < 1.29 is 14.7 Å². The normalized spacial score (nSPS) is 35.8. The molecular weight excluding hydrogens is 192 g/mol. The third-order valence-corrected chi connectivity index (χ3v) is 4.11. The first kappa shape index (κ1) is 10.7. The number of carbonyl (C=O) groups excluding carboxylic acids is 1. The molecule has 0 aromatic heterocycles. The summed E-state index contributed by atoms with van der Waals surface area (Å²) in [6, 6.07) is 0. The molecule has 2 saturated carbocycles. The van der Waals surface area contributed by atoms with Gasteiger partial charge >= 0.3 is 5.97 Å². The van der Waals surface area contributed by atoms with Crippen LogP contribution in [-0.4, -0.2) is 16.9 Å². The average Bonchev–Trinajstić information content (AvgIpc) is 2.50. The third kappa shape index (κ3) is 1.68. The number of hydrogen-bond donors (Lipinski definition) is 1. The number of carboxylic acids is 1. The van der Waals surface area contributed by atoms with Crippen LogP contribution in [0.25, 0.3) is 0 Å². The van der Waals surface area contributed by atoms with Crippen molar-refractivity contribution in [2.75, 3.05) is 0 Å². The summed E-state index contributed by atoms with van der Waals surface area (Å²) in [4.78, 5) is 22.6. The van der Waals surface area contributed by atoms with Crippen LogP contribution in [0, 0.1) is 23.7 Å². The zero-order valence-electron chi connectivity index (χ0n) is 9.11. The molecule has 0 radical (unpaired) electrons. The van der Waals surface area contributed by atoms with Gasteiger partial charge in [-0.25, -0.2) is 0 Å². The zero-order chi connectivity index (χ0) is 11.0. The van der Waals surface area contributed by atoms with E-state index in [0.717, 1.165) is 25.7 Å². The molecule has 0 aromatic rings. The van der Waals surface area contributed by atoms with E-state index >= 15 is 0 Å². The number of Topliss-reactive ketones (excluding diaryl/α,β-unsaturated/α-hetero) is 1. The molecule has 3 nitrogen and oxygen atoms in total. The maximum absolute atomic E-state index is 11.5. The summed E-state index contributed by atoms with van der Waals surface area (Å²) < 4.78 is 0. The van der Waals surface area contributed by atoms with E-state index in [9.17, 15) is 9.59 Å². The van der Waals surface area contributed by atoms with Crippen LogP contribution in [0.1, 0.15) is 39.0 Å². The van der Waals surface area contributed by atoms with E-state index < -0.39 is 5.97 Å². The molecule has 0 bridgehead atoms. The molecule has 15 heavy (non-hydrogen) atoms. The maximum atomic E-state index is 11.5. The number of ketones is 1. The first-order chi connectivity index (χ1) is 7.15. The Balaban J connectivity index is 2.07. The van der Waals surface area contributed by atoms with Crippen LogP contribution in [0.3, 0.4) is 0 Å². The van der Waals surface area contributed by atoms with Gasteiger partial charge in [0.1, 0.15) is 5.78 Å². The van der Waals surface area contributed by atoms with Crippen LogP contribution in [0.15, 0.2) is 0 Å². The molecule has 3 heteroatoms. The van der Waals surface area contributed by atoms with Crippen molar-refractivity contribution in [3.63, 3.8) is 0 Å². The Morgan fingerprint density at radius 2 is 2.27 bits per heavy atom. The molecule has 0 amide bonds. The molecule has 0 saturated heterocycles. The molecule has 84 valence electrons. The zero-order valence-corrected chi connectivity index (χ0v) is 9.11. The van der Waals surface area contributed by atoms with Gasteiger partial charge in [0.2, 0.25) is 0 Å². The molecule has 1 N–H and O–H groups in total. The van der Waals surface area contributed by atoms with Crippen molar-refractivity contribution in [1.82, 2.24) is 0 Å². The van der Waals surface area contributed by atoms with Crippen LogP contribution in [0.2, 0.25) is 0 Å². The summed E-state index contributed by atoms with van der Waals surface area (Å²) in [5.41, 5.74) is 0. The Morgan fingerprint density at radius 3 is 2.80 bits per heavy atom. The highest BCUT2D eigenvalue weighted by Gasteiger charge is 2.52. The molecule has 2 fully saturated rings. The second kappa shape index (κ2) is 3.95. The predicted molar refractivity (Wildman–Crippen MR) is 55.4 cm³/mol. The van der Waals surface area contributed by atoms with E-state index in [-0.39, 0.29) is 17.8 Å². The van der Waals surface area contributed by atoms with Crippen LogP contribution in [0.5, 0.6) is 0 Å². The van der Waals surface area contributed by atoms with Crippen LogP contribution in [0.4, 0.5) is 0 Å². The summed E-state index contributed by atoms with van der Waals surface area (Å²) in [7, 11) is 0. The van der Waals surface area contributed by atoms with Gasteiger partial charge in [0, 0.05) is 12.3 Å². The van der Waals surface area contributed by atoms with E-state index in [2.05, 4.69) is 0 Å². The van der Waals surface area contributed by atoms with Crippen molar-refractivity contribution in [2.24, 2.45) is 23.7 Å². The molecule has 2 rings (SSSR count). The van der Waals surface area contributed by atoms with Crippen molar-refractivity contribution in [3.8, 4) is 0 Å². The summed E-state index contributed by atoms with van der Waals surface area (Å²) in [5.74, 6) is 0.0638. The third-order valence-electron chi connectivity index (χ3n) is 4.11. The van der Waals surface area contributed by atoms with Gasteiger partial charge in [0.15, 0.2) is 0 Å². The predicted octanol–water partition coefficient (Wildman–Crippen LogP) is 2.10. The van der Waals surface area contributed by atoms with Gasteiger partial charge in [0.05, 0.1) is 5.92 Å². The van der Waals surface area contributed by atoms with Crippen LogP contribution in [-0.2, 0) is 9.59 Å². The largest absolute Gasteiger partial charge is 0.481 e. The second-order valence-electron chi connectivity index (χ2n) is 4.93. The fourth-order valence-corrected chi connectivity index (χ4v) is 3.36. The number of carbonyl (C=O) groups is 2. The van der Waals surface area contributed by atoms with E-state index in [1.807, 2.05) is 6.92 Å². The van der Waals surface area contributed by atoms with Crippen molar-refractivity contribution >= 4 is 11.8 Å². The van der Waals surface area contributed by atoms with E-state index in [1.54, 1.807) is 0 Å². The number of rotatable bonds is 4. The average molecular weight is 210 g/mol. The fourth-order valence-electron chi connectivity index (χ4n) is 3.36. The minimum Gasteiger partial charge on any atom is -0.481 e. The fraction of sp³-hybridized carbons (Fsp3) is 0.833. The lowest BCUT2D eigenvalue weighted by Gasteiger charge is -2.34. The summed E-state index contributed by atoms with van der Waals surface area (Å²) in [5, 5.41) is 9.17. The molecule has 4 atom stereocenters. The maximum Gasteiger partial charge on any atom is 0.306 e. The van der Waals surface area contributed by atoms with Gasteiger partial charge in [-0.2, -0.15) is 0 Å². The Kier molecular flexibility index (Phi) is 2.81. The van der Waals surface area contributed by atoms with E-state index in [0.29, 0.717) is 18.1 Å². The van der Waals surface area contributed by atoms with Crippen LogP contribution >= 0.6 is 0 Å². The molecule has 0 heterocycles. The Hall–Kier alpha value is -0.860. The highest BCUT2D eigenvalue weighted by atomic mass is 16.4. The Bertz CT molecular complexity index is 285. The molecule has 0 aromatic carbocycles. The molecule has 0 spiro atoms. The van der Waals surface area contributed by atoms with Crippen LogP contribution < -0.4 is 0 Å². The molecule has 2 aliphatic rings. The first-order valence-electron chi connectivity index (χ1n) is 5.90. The summed E-state index contributed by atoms with van der Waals surface area (Å²) >= 11 is 0. The van der Waals surface area contributed by atoms with Gasteiger partial charge in [-0.15, -0.1) is 0 Å². The van der Waals surface area contributed by atoms with Crippen molar-refractivity contribution in [3.05, 3.63) is 0 Å². The lowest BCUT2D eigenvalue weighted by Crippen LogP contribution is -2.40. The molecule has 0 aliphatic heterocycles. The lowest BCUT2D eigenvalue weighted by molar-refractivity contribution is -0.147. The highest BCUT2D eigenvalue weighted by molar-refractivity contribution is 5.89. The number of aliphatic carboxylic acids is 1. The number of fused-ring (bicyclic) bond motifs is 1. The van der Waals surface area contributed by atoms with Gasteiger partial charge in [-0.3, -0.25) is 9.59 Å². The monoisotopic (exact) mass is 210 g/mol. The Labute approximate surface area is 89.9 Å². The molecular formula is C12H18O3. The van der Waals surface area contributed by atoms with Gasteiger partial charge in [-0.05, 0) is 31.1 Å². The summed E-state index contributed by atoms with van der Waals surface area (Å²) in [6.07, 6.45) is 4.32. The smallest absolute Gasteiger partial charge is 0.306 e. The SMILES string of the molecule is CCCC(C(=O)O)C1CCC2CC(=O)C21. The lowest BCUT2D eigenvalue weighted by atomic mass is 9.67. The van der Waals surface area contributed by atoms with E-state index in [1.165, 1.54) is 0 Å². The molecule has 4 unspecified atom stereocenters. The quantitative estimate of drug-likeness (QED) is 0.773. The minimum absolute atomic E-state index is 0.0950. The standard InChI is InChI=1S/C12H18O3/c1-2-3-9(12(14)15)8-5-4-7-6-10(13)11(7)8/h7-9,11H,2-6H2,1H3,(H,14,15). The van der Waals surface area contributed by atoms with Gasteiger partial charge in [-0.1, -0.05) is 13.3 Å². The molecule has 2 aliphatic carbocycles. The highest BCUT2D eigenvalue weighted by Crippen LogP contribution is 2.51. The second-order valence-corrected chi connectivity index (χ2v) is 4.93. The van der Waals surface area contributed by atoms with Crippen molar-refractivity contribution in [2.45, 2.75) is 39.0 Å². The minimum atomic E-state index is -0.706. The van der Waals surface area contributed by atoms with Gasteiger partial charge < -0.3 is 5.11 Å². The number of carboxylic acid groups (broad SMARTS) is 1. The topological polar surface area (TPSA) is 54.4 Å². The van der Waals surface area contributed by atoms with Gasteiger partial charge in [0.25, 0.3) is 0 Å².